The van der Waals surface area contributed by atoms with Gasteiger partial charge >= 0.3 is 0 Å². The Morgan fingerprint density at radius 3 is 2.53 bits per heavy atom. The van der Waals surface area contributed by atoms with E-state index in [2.05, 4.69) is 6.07 Å². The highest BCUT2D eigenvalue weighted by molar-refractivity contribution is 8.01. The molecule has 2 rings (SSSR count). The van der Waals surface area contributed by atoms with Gasteiger partial charge in [0.2, 0.25) is 0 Å². The summed E-state index contributed by atoms with van der Waals surface area (Å²) in [5, 5.41) is 9.19. The number of nitrogens with zero attached hydrogens (tertiary/aromatic N) is 1. The van der Waals surface area contributed by atoms with E-state index in [-0.39, 0.29) is 23.2 Å². The van der Waals surface area contributed by atoms with Gasteiger partial charge in [-0.1, -0.05) is 19.3 Å². The van der Waals surface area contributed by atoms with Gasteiger partial charge in [0.05, 0.1) is 25.0 Å². The van der Waals surface area contributed by atoms with E-state index in [9.17, 15) is 4.79 Å². The molecule has 0 radical (unpaired) electrons. The zero-order valence-corrected chi connectivity index (χ0v) is 12.0. The highest BCUT2D eigenvalue weighted by atomic mass is 32.2. The molecule has 2 fully saturated rings. The number of nitriles is 1. The van der Waals surface area contributed by atoms with Crippen LogP contribution in [0.4, 0.5) is 0 Å². The van der Waals surface area contributed by atoms with E-state index in [1.54, 1.807) is 11.8 Å². The van der Waals surface area contributed by atoms with Gasteiger partial charge in [0, 0.05) is 5.25 Å². The number of ketones is 1. The molecule has 2 aliphatic heterocycles. The zero-order chi connectivity index (χ0) is 13.5. The lowest BCUT2D eigenvalue weighted by Gasteiger charge is -2.11. The predicted octanol–water partition coefficient (Wildman–Crippen LogP) is 2.52. The molecule has 2 unspecified atom stereocenters. The molecule has 0 aliphatic carbocycles. The molecule has 2 heterocycles. The molecule has 0 aromatic carbocycles. The summed E-state index contributed by atoms with van der Waals surface area (Å²) >= 11 is 1.66. The number of Topliss-reactive ketones (excluding diaryl/α,β-unsaturated/α-hetero) is 1. The van der Waals surface area contributed by atoms with E-state index >= 15 is 0 Å². The topological polar surface area (TPSA) is 59.3 Å². The minimum Gasteiger partial charge on any atom is -0.350 e. The minimum absolute atomic E-state index is 0.0194. The third-order valence-electron chi connectivity index (χ3n) is 3.67. The van der Waals surface area contributed by atoms with Gasteiger partial charge in [-0.05, 0) is 19.3 Å². The lowest BCUT2D eigenvalue weighted by atomic mass is 9.98. The quantitative estimate of drug-likeness (QED) is 0.672. The van der Waals surface area contributed by atoms with Crippen LogP contribution in [-0.2, 0) is 14.3 Å². The van der Waals surface area contributed by atoms with Crippen LogP contribution in [0.1, 0.15) is 38.5 Å². The fourth-order valence-corrected chi connectivity index (χ4v) is 3.87. The number of unbranched alkanes of at least 4 members (excludes halogenated alkanes) is 3. The number of hydrogen-bond acceptors (Lipinski definition) is 5. The van der Waals surface area contributed by atoms with Crippen LogP contribution in [0.25, 0.3) is 0 Å². The fraction of sp³-hybridized carbons (Fsp3) is 0.857. The highest BCUT2D eigenvalue weighted by Crippen LogP contribution is 2.33. The molecule has 4 nitrogen and oxygen atoms in total. The van der Waals surface area contributed by atoms with Crippen LogP contribution in [0.2, 0.25) is 0 Å². The second-order valence-corrected chi connectivity index (χ2v) is 6.31. The Kier molecular flexibility index (Phi) is 6.15. The van der Waals surface area contributed by atoms with Crippen molar-refractivity contribution in [3.8, 4) is 6.07 Å². The van der Waals surface area contributed by atoms with E-state index in [1.165, 1.54) is 6.42 Å². The van der Waals surface area contributed by atoms with Gasteiger partial charge in [0.25, 0.3) is 0 Å². The standard InChI is InChI=1S/C14H21NO3S/c15-9-11-12(16)10-19-13(11)5-3-1-2-4-6-14-17-7-8-18-14/h11,13-14H,1-8,10H2. The molecule has 19 heavy (non-hydrogen) atoms. The van der Waals surface area contributed by atoms with E-state index < -0.39 is 0 Å². The maximum Gasteiger partial charge on any atom is 0.160 e. The van der Waals surface area contributed by atoms with Crippen molar-refractivity contribution >= 4 is 17.5 Å². The van der Waals surface area contributed by atoms with Crippen molar-refractivity contribution < 1.29 is 14.3 Å². The Morgan fingerprint density at radius 1 is 1.16 bits per heavy atom. The number of ether oxygens (including phenoxy) is 2. The minimum atomic E-state index is -0.356. The smallest absolute Gasteiger partial charge is 0.160 e. The Bertz CT molecular complexity index is 336. The summed E-state index contributed by atoms with van der Waals surface area (Å²) in [7, 11) is 0. The number of carbonyl (C=O) groups excluding carboxylic acids is 1. The first-order chi connectivity index (χ1) is 9.31. The molecule has 106 valence electrons. The van der Waals surface area contributed by atoms with E-state index in [4.69, 9.17) is 14.7 Å². The highest BCUT2D eigenvalue weighted by Gasteiger charge is 2.34. The third kappa shape index (κ3) is 4.48. The van der Waals surface area contributed by atoms with Crippen molar-refractivity contribution in [1.29, 1.82) is 5.26 Å². The van der Waals surface area contributed by atoms with Gasteiger partial charge < -0.3 is 9.47 Å². The van der Waals surface area contributed by atoms with Crippen LogP contribution in [-0.4, -0.2) is 36.3 Å². The Hall–Kier alpha value is -0.570. The van der Waals surface area contributed by atoms with Gasteiger partial charge in [0.1, 0.15) is 5.92 Å². The number of thioether (sulfide) groups is 1. The van der Waals surface area contributed by atoms with Gasteiger partial charge in [-0.2, -0.15) is 5.26 Å². The largest absolute Gasteiger partial charge is 0.350 e. The summed E-state index contributed by atoms with van der Waals surface area (Å²) in [6.45, 7) is 1.46. The average molecular weight is 283 g/mol. The summed E-state index contributed by atoms with van der Waals surface area (Å²) in [4.78, 5) is 11.4. The predicted molar refractivity (Wildman–Crippen MR) is 73.8 cm³/mol. The number of rotatable bonds is 7. The van der Waals surface area contributed by atoms with E-state index in [0.29, 0.717) is 5.75 Å². The van der Waals surface area contributed by atoms with E-state index in [0.717, 1.165) is 45.3 Å². The lowest BCUT2D eigenvalue weighted by Crippen LogP contribution is -2.16. The first-order valence-electron chi connectivity index (χ1n) is 7.08. The van der Waals surface area contributed by atoms with Crippen LogP contribution in [0.15, 0.2) is 0 Å². The molecule has 0 aromatic rings. The molecule has 0 amide bonds. The first kappa shape index (κ1) is 14.8. The summed E-state index contributed by atoms with van der Waals surface area (Å²) in [5.41, 5.74) is 0. The molecule has 0 spiro atoms. The van der Waals surface area contributed by atoms with E-state index in [1.807, 2.05) is 0 Å². The molecule has 0 N–H and O–H groups in total. The van der Waals surface area contributed by atoms with Gasteiger partial charge in [-0.15, -0.1) is 11.8 Å². The van der Waals surface area contributed by atoms with Crippen LogP contribution < -0.4 is 0 Å². The normalized spacial score (nSPS) is 27.8. The molecule has 2 saturated heterocycles. The molecule has 0 aromatic heterocycles. The van der Waals surface area contributed by atoms with Crippen molar-refractivity contribution in [2.45, 2.75) is 50.1 Å². The zero-order valence-electron chi connectivity index (χ0n) is 11.2. The molecule has 5 heteroatoms. The Balaban J connectivity index is 1.50. The SMILES string of the molecule is N#CC1C(=O)CSC1CCCCCCC1OCCO1. The van der Waals surface area contributed by atoms with Crippen molar-refractivity contribution in [1.82, 2.24) is 0 Å². The van der Waals surface area contributed by atoms with Gasteiger partial charge in [-0.3, -0.25) is 4.79 Å². The second-order valence-electron chi connectivity index (χ2n) is 5.09. The molecule has 0 saturated carbocycles. The van der Waals surface area contributed by atoms with Gasteiger partial charge in [0.15, 0.2) is 12.1 Å². The second kappa shape index (κ2) is 7.88. The van der Waals surface area contributed by atoms with Crippen molar-refractivity contribution in [3.05, 3.63) is 0 Å². The molecule has 2 atom stereocenters. The molecule has 2 aliphatic rings. The number of carbonyl (C=O) groups is 1. The molecular weight excluding hydrogens is 262 g/mol. The fourth-order valence-electron chi connectivity index (χ4n) is 2.57. The maximum atomic E-state index is 11.4. The summed E-state index contributed by atoms with van der Waals surface area (Å²) in [6, 6.07) is 2.15. The molecule has 0 bridgehead atoms. The maximum absolute atomic E-state index is 11.4. The Morgan fingerprint density at radius 2 is 1.84 bits per heavy atom. The van der Waals surface area contributed by atoms with Crippen molar-refractivity contribution in [2.24, 2.45) is 5.92 Å². The third-order valence-corrected chi connectivity index (χ3v) is 5.05. The van der Waals surface area contributed by atoms with Crippen LogP contribution >= 0.6 is 11.8 Å². The van der Waals surface area contributed by atoms with Crippen LogP contribution in [0.3, 0.4) is 0 Å². The summed E-state index contributed by atoms with van der Waals surface area (Å²) in [6.07, 6.45) is 6.56. The van der Waals surface area contributed by atoms with Gasteiger partial charge in [-0.25, -0.2) is 0 Å². The summed E-state index contributed by atoms with van der Waals surface area (Å²) in [5.74, 6) is 0.289. The average Bonchev–Trinajstić information content (AvgIpc) is 3.03. The monoisotopic (exact) mass is 283 g/mol. The van der Waals surface area contributed by atoms with Crippen molar-refractivity contribution in [3.63, 3.8) is 0 Å². The van der Waals surface area contributed by atoms with Crippen molar-refractivity contribution in [2.75, 3.05) is 19.0 Å². The Labute approximate surface area is 118 Å². The first-order valence-corrected chi connectivity index (χ1v) is 8.13. The van der Waals surface area contributed by atoms with Crippen LogP contribution in [0.5, 0.6) is 0 Å². The lowest BCUT2D eigenvalue weighted by molar-refractivity contribution is -0.118. The number of hydrogen-bond donors (Lipinski definition) is 0. The summed E-state index contributed by atoms with van der Waals surface area (Å²) < 4.78 is 10.8. The molecular formula is C14H21NO3S. The van der Waals surface area contributed by atoms with Crippen LogP contribution in [0, 0.1) is 17.2 Å².